The maximum Gasteiger partial charge on any atom is 0.362 e. The van der Waals surface area contributed by atoms with Gasteiger partial charge in [-0.15, -0.1) is 0 Å². The minimum absolute atomic E-state index is 0.102. The van der Waals surface area contributed by atoms with E-state index in [-0.39, 0.29) is 24.8 Å². The molecule has 0 saturated carbocycles. The number of nitrogens with zero attached hydrogens (tertiary/aromatic N) is 1. The molecule has 0 aliphatic heterocycles. The van der Waals surface area contributed by atoms with Crippen LogP contribution in [-0.4, -0.2) is 74.5 Å². The fourth-order valence-electron chi connectivity index (χ4n) is 2.38. The highest BCUT2D eigenvalue weighted by atomic mass is 16.6. The number of quaternary nitrogens is 1. The number of carbonyl (C=O) groups is 2. The topological polar surface area (TPSA) is 102 Å². The molecule has 26 heavy (non-hydrogen) atoms. The summed E-state index contributed by atoms with van der Waals surface area (Å²) < 4.78 is 6.02. The SMILES string of the molecule is CCCCCC(OC(=O)C[N+](C)(C)C)C(O)C/C=C/CC(=O)NCCN. The van der Waals surface area contributed by atoms with Crippen LogP contribution < -0.4 is 11.1 Å². The van der Waals surface area contributed by atoms with Crippen LogP contribution in [0.1, 0.15) is 45.4 Å². The number of amides is 1. The molecular weight excluding hydrogens is 334 g/mol. The zero-order valence-corrected chi connectivity index (χ0v) is 16.9. The summed E-state index contributed by atoms with van der Waals surface area (Å²) >= 11 is 0. The Morgan fingerprint density at radius 2 is 1.92 bits per heavy atom. The Kier molecular flexibility index (Phi) is 13.0. The third kappa shape index (κ3) is 13.8. The predicted molar refractivity (Wildman–Crippen MR) is 103 cm³/mol. The molecule has 0 spiro atoms. The molecule has 0 rings (SSSR count). The van der Waals surface area contributed by atoms with Crippen LogP contribution in [0.2, 0.25) is 0 Å². The zero-order chi connectivity index (χ0) is 20.0. The first-order chi connectivity index (χ1) is 12.2. The molecule has 0 bridgehead atoms. The van der Waals surface area contributed by atoms with Crippen LogP contribution in [0.4, 0.5) is 0 Å². The van der Waals surface area contributed by atoms with E-state index < -0.39 is 12.2 Å². The van der Waals surface area contributed by atoms with Gasteiger partial charge in [0.15, 0.2) is 6.54 Å². The molecule has 0 aliphatic carbocycles. The molecule has 7 nitrogen and oxygen atoms in total. The summed E-state index contributed by atoms with van der Waals surface area (Å²) in [6.45, 7) is 3.23. The molecule has 0 fully saturated rings. The lowest BCUT2D eigenvalue weighted by Crippen LogP contribution is -2.42. The maximum atomic E-state index is 12.1. The number of hydrogen-bond acceptors (Lipinski definition) is 5. The van der Waals surface area contributed by atoms with Gasteiger partial charge in [-0.2, -0.15) is 0 Å². The number of nitrogens with two attached hydrogens (primary N) is 1. The lowest BCUT2D eigenvalue weighted by atomic mass is 10.0. The Bertz CT molecular complexity index is 433. The van der Waals surface area contributed by atoms with Gasteiger partial charge in [0, 0.05) is 19.5 Å². The number of likely N-dealkylation sites (N-methyl/N-ethyl adjacent to an activating group) is 1. The second-order valence-electron chi connectivity index (χ2n) is 7.59. The monoisotopic (exact) mass is 372 g/mol. The molecule has 0 aromatic carbocycles. The van der Waals surface area contributed by atoms with Crippen LogP contribution in [0, 0.1) is 0 Å². The van der Waals surface area contributed by atoms with Crippen LogP contribution in [0.3, 0.4) is 0 Å². The predicted octanol–water partition coefficient (Wildman–Crippen LogP) is 0.957. The highest BCUT2D eigenvalue weighted by molar-refractivity contribution is 5.77. The summed E-state index contributed by atoms with van der Waals surface area (Å²) in [6.07, 6.45) is 6.42. The molecule has 0 saturated heterocycles. The fourth-order valence-corrected chi connectivity index (χ4v) is 2.38. The molecule has 2 unspecified atom stereocenters. The van der Waals surface area contributed by atoms with E-state index in [0.717, 1.165) is 19.3 Å². The number of unbranched alkanes of at least 4 members (excludes halogenated alkanes) is 2. The van der Waals surface area contributed by atoms with E-state index in [0.29, 0.717) is 30.4 Å². The molecule has 7 heteroatoms. The van der Waals surface area contributed by atoms with Gasteiger partial charge in [0.2, 0.25) is 5.91 Å². The Morgan fingerprint density at radius 3 is 2.50 bits per heavy atom. The molecule has 4 N–H and O–H groups in total. The lowest BCUT2D eigenvalue weighted by molar-refractivity contribution is -0.862. The van der Waals surface area contributed by atoms with E-state index in [1.807, 2.05) is 21.1 Å². The number of carbonyl (C=O) groups excluding carboxylic acids is 2. The summed E-state index contributed by atoms with van der Waals surface area (Å²) in [5, 5.41) is 13.1. The minimum Gasteiger partial charge on any atom is -0.455 e. The standard InChI is InChI=1S/C19H37N3O4/c1-5-6-7-11-17(26-19(25)15-22(2,3)4)16(23)10-8-9-12-18(24)21-14-13-20/h8-9,16-17,23H,5-7,10-15,20H2,1-4H3/p+1/b9-8+. The Hall–Kier alpha value is -1.44. The zero-order valence-electron chi connectivity index (χ0n) is 16.9. The molecule has 0 aromatic heterocycles. The van der Waals surface area contributed by atoms with E-state index in [2.05, 4.69) is 12.2 Å². The van der Waals surface area contributed by atoms with Gasteiger partial charge in [-0.3, -0.25) is 4.79 Å². The van der Waals surface area contributed by atoms with Crippen molar-refractivity contribution in [3.8, 4) is 0 Å². The first-order valence-corrected chi connectivity index (χ1v) is 9.49. The van der Waals surface area contributed by atoms with Crippen molar-refractivity contribution in [1.29, 1.82) is 0 Å². The fraction of sp³-hybridized carbons (Fsp3) is 0.789. The average molecular weight is 373 g/mol. The maximum absolute atomic E-state index is 12.1. The third-order valence-corrected chi connectivity index (χ3v) is 3.72. The Balaban J connectivity index is 4.51. The van der Waals surface area contributed by atoms with Gasteiger partial charge < -0.3 is 25.4 Å². The second kappa shape index (κ2) is 13.7. The smallest absolute Gasteiger partial charge is 0.362 e. The number of esters is 1. The molecular formula is C19H38N3O4+. The first-order valence-electron chi connectivity index (χ1n) is 9.49. The number of aliphatic hydroxyl groups is 1. The molecule has 0 radical (unpaired) electrons. The van der Waals surface area contributed by atoms with Crippen molar-refractivity contribution < 1.29 is 23.9 Å². The number of ether oxygens (including phenoxy) is 1. The Morgan fingerprint density at radius 1 is 1.23 bits per heavy atom. The van der Waals surface area contributed by atoms with Gasteiger partial charge >= 0.3 is 5.97 Å². The van der Waals surface area contributed by atoms with Crippen LogP contribution >= 0.6 is 0 Å². The van der Waals surface area contributed by atoms with Crippen LogP contribution in [0.5, 0.6) is 0 Å². The normalized spacial score (nSPS) is 14.2. The van der Waals surface area contributed by atoms with E-state index in [1.165, 1.54) is 0 Å². The van der Waals surface area contributed by atoms with Crippen LogP contribution in [-0.2, 0) is 14.3 Å². The summed E-state index contributed by atoms with van der Waals surface area (Å²) in [6, 6.07) is 0. The summed E-state index contributed by atoms with van der Waals surface area (Å²) in [5.41, 5.74) is 5.32. The average Bonchev–Trinajstić information content (AvgIpc) is 2.54. The van der Waals surface area contributed by atoms with Crippen molar-refractivity contribution in [2.45, 2.75) is 57.7 Å². The van der Waals surface area contributed by atoms with Crippen molar-refractivity contribution in [2.24, 2.45) is 5.73 Å². The summed E-state index contributed by atoms with van der Waals surface area (Å²) in [4.78, 5) is 23.6. The highest BCUT2D eigenvalue weighted by Crippen LogP contribution is 2.14. The number of hydrogen-bond donors (Lipinski definition) is 3. The number of nitrogens with one attached hydrogen (secondary N) is 1. The van der Waals surface area contributed by atoms with E-state index in [4.69, 9.17) is 10.5 Å². The van der Waals surface area contributed by atoms with E-state index in [1.54, 1.807) is 12.2 Å². The highest BCUT2D eigenvalue weighted by Gasteiger charge is 2.25. The molecule has 0 heterocycles. The van der Waals surface area contributed by atoms with E-state index >= 15 is 0 Å². The van der Waals surface area contributed by atoms with Crippen LogP contribution in [0.15, 0.2) is 12.2 Å². The van der Waals surface area contributed by atoms with Crippen LogP contribution in [0.25, 0.3) is 0 Å². The van der Waals surface area contributed by atoms with Crippen molar-refractivity contribution in [3.05, 3.63) is 12.2 Å². The lowest BCUT2D eigenvalue weighted by Gasteiger charge is -2.26. The van der Waals surface area contributed by atoms with Crippen molar-refractivity contribution >= 4 is 11.9 Å². The second-order valence-corrected chi connectivity index (χ2v) is 7.59. The van der Waals surface area contributed by atoms with Gasteiger partial charge in [0.05, 0.1) is 27.2 Å². The van der Waals surface area contributed by atoms with E-state index in [9.17, 15) is 14.7 Å². The largest absolute Gasteiger partial charge is 0.455 e. The first kappa shape index (κ1) is 24.6. The molecule has 0 aliphatic rings. The molecule has 2 atom stereocenters. The molecule has 1 amide bonds. The number of rotatable bonds is 14. The third-order valence-electron chi connectivity index (χ3n) is 3.72. The molecule has 0 aromatic rings. The van der Waals surface area contributed by atoms with Gasteiger partial charge in [-0.05, 0) is 19.3 Å². The quantitative estimate of drug-likeness (QED) is 0.182. The number of aliphatic hydroxyl groups excluding tert-OH is 1. The van der Waals surface area contributed by atoms with Crippen molar-refractivity contribution in [1.82, 2.24) is 5.32 Å². The van der Waals surface area contributed by atoms with Gasteiger partial charge in [0.1, 0.15) is 6.10 Å². The van der Waals surface area contributed by atoms with Crippen molar-refractivity contribution in [2.75, 3.05) is 40.8 Å². The summed E-state index contributed by atoms with van der Waals surface area (Å²) in [7, 11) is 5.76. The van der Waals surface area contributed by atoms with Gasteiger partial charge in [-0.25, -0.2) is 4.79 Å². The van der Waals surface area contributed by atoms with Gasteiger partial charge in [-0.1, -0.05) is 31.9 Å². The minimum atomic E-state index is -0.772. The Labute approximate surface area is 158 Å². The summed E-state index contributed by atoms with van der Waals surface area (Å²) in [5.74, 6) is -0.404. The van der Waals surface area contributed by atoms with Crippen molar-refractivity contribution in [3.63, 3.8) is 0 Å². The molecule has 152 valence electrons. The van der Waals surface area contributed by atoms with Gasteiger partial charge in [0.25, 0.3) is 0 Å².